The van der Waals surface area contributed by atoms with E-state index in [0.29, 0.717) is 18.2 Å². The smallest absolute Gasteiger partial charge is 0.230 e. The van der Waals surface area contributed by atoms with Crippen LogP contribution in [0.4, 0.5) is 0 Å². The minimum Gasteiger partial charge on any atom is -0.376 e. The van der Waals surface area contributed by atoms with Crippen molar-refractivity contribution in [1.82, 2.24) is 20.1 Å². The van der Waals surface area contributed by atoms with Crippen LogP contribution in [0.15, 0.2) is 35.5 Å². The molecular weight excluding hydrogens is 348 g/mol. The first-order valence-electron chi connectivity index (χ1n) is 9.27. The van der Waals surface area contributed by atoms with E-state index in [0.717, 1.165) is 37.0 Å². The fourth-order valence-corrected chi connectivity index (χ4v) is 3.95. The largest absolute Gasteiger partial charge is 0.376 e. The van der Waals surface area contributed by atoms with Gasteiger partial charge in [-0.1, -0.05) is 42.1 Å². The summed E-state index contributed by atoms with van der Waals surface area (Å²) in [6.45, 7) is 2.16. The topological polar surface area (TPSA) is 69.0 Å². The van der Waals surface area contributed by atoms with E-state index in [1.165, 1.54) is 30.2 Å². The van der Waals surface area contributed by atoms with Crippen LogP contribution in [-0.4, -0.2) is 45.7 Å². The van der Waals surface area contributed by atoms with Gasteiger partial charge in [-0.25, -0.2) is 0 Å². The molecule has 1 atom stereocenters. The second-order valence-electron chi connectivity index (χ2n) is 6.91. The van der Waals surface area contributed by atoms with Gasteiger partial charge in [-0.15, -0.1) is 10.2 Å². The SMILES string of the molecule is O=C(CSc1nnc(C2CC2)n1Cc1ccccc1)NC[C@H]1CCCO1. The lowest BCUT2D eigenvalue weighted by Crippen LogP contribution is -2.32. The first-order chi connectivity index (χ1) is 12.8. The maximum Gasteiger partial charge on any atom is 0.230 e. The third kappa shape index (κ3) is 4.45. The van der Waals surface area contributed by atoms with E-state index in [4.69, 9.17) is 4.74 Å². The number of ether oxygens (including phenoxy) is 1. The van der Waals surface area contributed by atoms with Crippen LogP contribution in [0.2, 0.25) is 0 Å². The van der Waals surface area contributed by atoms with E-state index < -0.39 is 0 Å². The van der Waals surface area contributed by atoms with Gasteiger partial charge in [0, 0.05) is 19.1 Å². The summed E-state index contributed by atoms with van der Waals surface area (Å²) in [5.41, 5.74) is 1.22. The molecule has 0 bridgehead atoms. The minimum absolute atomic E-state index is 0.0210. The number of hydrogen-bond donors (Lipinski definition) is 1. The summed E-state index contributed by atoms with van der Waals surface area (Å²) in [5.74, 6) is 1.95. The molecule has 2 heterocycles. The molecule has 138 valence electrons. The number of carbonyl (C=O) groups excluding carboxylic acids is 1. The average Bonchev–Trinajstić information content (AvgIpc) is 3.22. The van der Waals surface area contributed by atoms with Crippen molar-refractivity contribution in [2.24, 2.45) is 0 Å². The molecule has 1 saturated carbocycles. The lowest BCUT2D eigenvalue weighted by molar-refractivity contribution is -0.119. The Morgan fingerprint density at radius 3 is 2.81 bits per heavy atom. The van der Waals surface area contributed by atoms with Crippen molar-refractivity contribution in [3.05, 3.63) is 41.7 Å². The number of carbonyl (C=O) groups is 1. The number of nitrogens with zero attached hydrogens (tertiary/aromatic N) is 3. The molecule has 1 N–H and O–H groups in total. The zero-order valence-electron chi connectivity index (χ0n) is 14.8. The second-order valence-corrected chi connectivity index (χ2v) is 7.86. The molecule has 0 radical (unpaired) electrons. The van der Waals surface area contributed by atoms with Crippen molar-refractivity contribution in [3.8, 4) is 0 Å². The molecule has 2 fully saturated rings. The molecule has 1 aliphatic carbocycles. The summed E-state index contributed by atoms with van der Waals surface area (Å²) in [7, 11) is 0. The molecule has 0 spiro atoms. The van der Waals surface area contributed by atoms with Crippen LogP contribution in [0.1, 0.15) is 43.0 Å². The van der Waals surface area contributed by atoms with Gasteiger partial charge in [0.2, 0.25) is 5.91 Å². The standard InChI is InChI=1S/C19H24N4O2S/c24-17(20-11-16-7-4-10-25-16)13-26-19-22-21-18(15-8-9-15)23(19)12-14-5-2-1-3-6-14/h1-3,5-6,15-16H,4,7-13H2,(H,20,24)/t16-/m1/s1. The van der Waals surface area contributed by atoms with E-state index in [1.54, 1.807) is 0 Å². The molecule has 1 aromatic heterocycles. The highest BCUT2D eigenvalue weighted by molar-refractivity contribution is 7.99. The Kier molecular flexibility index (Phi) is 5.55. The number of aromatic nitrogens is 3. The molecule has 1 amide bonds. The Labute approximate surface area is 157 Å². The van der Waals surface area contributed by atoms with Gasteiger partial charge in [-0.3, -0.25) is 4.79 Å². The van der Waals surface area contributed by atoms with Gasteiger partial charge in [0.1, 0.15) is 5.82 Å². The van der Waals surface area contributed by atoms with Gasteiger partial charge >= 0.3 is 0 Å². The van der Waals surface area contributed by atoms with Crippen molar-refractivity contribution < 1.29 is 9.53 Å². The molecule has 26 heavy (non-hydrogen) atoms. The number of amides is 1. The molecule has 0 unspecified atom stereocenters. The quantitative estimate of drug-likeness (QED) is 0.722. The Morgan fingerprint density at radius 1 is 1.23 bits per heavy atom. The predicted octanol–water partition coefficient (Wildman–Crippen LogP) is 2.59. The maximum atomic E-state index is 12.2. The van der Waals surface area contributed by atoms with Crippen molar-refractivity contribution in [3.63, 3.8) is 0 Å². The highest BCUT2D eigenvalue weighted by Crippen LogP contribution is 2.40. The number of hydrogen-bond acceptors (Lipinski definition) is 5. The maximum absolute atomic E-state index is 12.2. The Morgan fingerprint density at radius 2 is 2.08 bits per heavy atom. The van der Waals surface area contributed by atoms with Crippen LogP contribution in [0, 0.1) is 0 Å². The summed E-state index contributed by atoms with van der Waals surface area (Å²) in [5, 5.41) is 12.5. The number of benzene rings is 1. The third-order valence-corrected chi connectivity index (χ3v) is 5.72. The molecule has 2 aliphatic rings. The van der Waals surface area contributed by atoms with Gasteiger partial charge < -0.3 is 14.6 Å². The van der Waals surface area contributed by atoms with Crippen LogP contribution < -0.4 is 5.32 Å². The molecule has 1 aromatic carbocycles. The minimum atomic E-state index is 0.0210. The predicted molar refractivity (Wildman–Crippen MR) is 100 cm³/mol. The zero-order valence-corrected chi connectivity index (χ0v) is 15.6. The third-order valence-electron chi connectivity index (χ3n) is 4.75. The average molecular weight is 372 g/mol. The van der Waals surface area contributed by atoms with Gasteiger partial charge in [0.25, 0.3) is 0 Å². The van der Waals surface area contributed by atoms with Crippen molar-refractivity contribution in [2.45, 2.75) is 49.4 Å². The van der Waals surface area contributed by atoms with Crippen LogP contribution in [0.3, 0.4) is 0 Å². The molecule has 2 aromatic rings. The van der Waals surface area contributed by atoms with Crippen LogP contribution in [-0.2, 0) is 16.1 Å². The lowest BCUT2D eigenvalue weighted by Gasteiger charge is -2.11. The number of thioether (sulfide) groups is 1. The van der Waals surface area contributed by atoms with Crippen molar-refractivity contribution in [1.29, 1.82) is 0 Å². The van der Waals surface area contributed by atoms with Crippen molar-refractivity contribution >= 4 is 17.7 Å². The first kappa shape index (κ1) is 17.5. The fraction of sp³-hybridized carbons (Fsp3) is 0.526. The van der Waals surface area contributed by atoms with Gasteiger partial charge in [-0.05, 0) is 31.2 Å². The molecule has 6 nitrogen and oxygen atoms in total. The lowest BCUT2D eigenvalue weighted by atomic mass is 10.2. The first-order valence-corrected chi connectivity index (χ1v) is 10.3. The zero-order chi connectivity index (χ0) is 17.8. The Balaban J connectivity index is 1.37. The second kappa shape index (κ2) is 8.22. The van der Waals surface area contributed by atoms with Gasteiger partial charge in [0.05, 0.1) is 18.4 Å². The molecular formula is C19H24N4O2S. The summed E-state index contributed by atoms with van der Waals surface area (Å²) in [6.07, 6.45) is 4.65. The van der Waals surface area contributed by atoms with E-state index in [2.05, 4.69) is 32.2 Å². The molecule has 1 saturated heterocycles. The summed E-state index contributed by atoms with van der Waals surface area (Å²) < 4.78 is 7.71. The van der Waals surface area contributed by atoms with E-state index in [9.17, 15) is 4.79 Å². The number of rotatable bonds is 8. The van der Waals surface area contributed by atoms with Gasteiger partial charge in [0.15, 0.2) is 5.16 Å². The highest BCUT2D eigenvalue weighted by Gasteiger charge is 2.30. The Bertz CT molecular complexity index is 739. The van der Waals surface area contributed by atoms with E-state index in [1.807, 2.05) is 18.2 Å². The summed E-state index contributed by atoms with van der Waals surface area (Å²) in [6, 6.07) is 10.3. The van der Waals surface area contributed by atoms with E-state index >= 15 is 0 Å². The van der Waals surface area contributed by atoms with Crippen LogP contribution in [0.25, 0.3) is 0 Å². The molecule has 7 heteroatoms. The molecule has 4 rings (SSSR count). The summed E-state index contributed by atoms with van der Waals surface area (Å²) in [4.78, 5) is 12.2. The van der Waals surface area contributed by atoms with Crippen LogP contribution >= 0.6 is 11.8 Å². The van der Waals surface area contributed by atoms with Gasteiger partial charge in [-0.2, -0.15) is 0 Å². The molecule has 1 aliphatic heterocycles. The highest BCUT2D eigenvalue weighted by atomic mass is 32.2. The fourth-order valence-electron chi connectivity index (χ4n) is 3.18. The van der Waals surface area contributed by atoms with Crippen molar-refractivity contribution in [2.75, 3.05) is 18.9 Å². The normalized spacial score (nSPS) is 19.6. The summed E-state index contributed by atoms with van der Waals surface area (Å²) >= 11 is 1.46. The monoisotopic (exact) mass is 372 g/mol. The number of nitrogens with one attached hydrogen (secondary N) is 1. The van der Waals surface area contributed by atoms with Crippen LogP contribution in [0.5, 0.6) is 0 Å². The Hall–Kier alpha value is -1.86. The van der Waals surface area contributed by atoms with E-state index in [-0.39, 0.29) is 12.0 Å².